The standard InChI is InChI=1S/C18H22N4O2.ClH/c23-18(17-7-6-13-4-1-2-5-16(13)24-17)20-11-14-10-15-12-19-8-3-9-22(15)21-14;/h1-2,4-5,10,17,19H,3,6-9,11-12H2,(H,20,23);1H. The fraction of sp³-hybridized carbons (Fsp3) is 0.444. The van der Waals surface area contributed by atoms with Crippen molar-refractivity contribution >= 4 is 18.3 Å². The van der Waals surface area contributed by atoms with Crippen LogP contribution >= 0.6 is 12.4 Å². The highest BCUT2D eigenvalue weighted by Gasteiger charge is 2.25. The molecule has 2 aromatic rings. The fourth-order valence-corrected chi connectivity index (χ4v) is 3.31. The van der Waals surface area contributed by atoms with Crippen molar-refractivity contribution in [2.24, 2.45) is 0 Å². The van der Waals surface area contributed by atoms with Gasteiger partial charge in [0.25, 0.3) is 5.91 Å². The van der Waals surface area contributed by atoms with Crippen LogP contribution in [-0.2, 0) is 30.8 Å². The van der Waals surface area contributed by atoms with Crippen molar-refractivity contribution in [1.29, 1.82) is 0 Å². The van der Waals surface area contributed by atoms with E-state index in [1.165, 1.54) is 11.3 Å². The number of halogens is 1. The molecule has 25 heavy (non-hydrogen) atoms. The molecule has 1 aromatic heterocycles. The van der Waals surface area contributed by atoms with Gasteiger partial charge in [-0.25, -0.2) is 0 Å². The highest BCUT2D eigenvalue weighted by Crippen LogP contribution is 2.27. The Hall–Kier alpha value is -2.05. The number of carbonyl (C=O) groups excluding carboxylic acids is 1. The SMILES string of the molecule is Cl.O=C(NCc1cc2n(n1)CCCNC2)C1CCc2ccccc2O1. The zero-order valence-electron chi connectivity index (χ0n) is 14.0. The van der Waals surface area contributed by atoms with Gasteiger partial charge in [-0.2, -0.15) is 5.10 Å². The molecule has 1 unspecified atom stereocenters. The first-order valence-electron chi connectivity index (χ1n) is 8.58. The number of hydrogen-bond donors (Lipinski definition) is 2. The van der Waals surface area contributed by atoms with Crippen LogP contribution in [0.15, 0.2) is 30.3 Å². The summed E-state index contributed by atoms with van der Waals surface area (Å²) >= 11 is 0. The van der Waals surface area contributed by atoms with Gasteiger partial charge in [-0.1, -0.05) is 18.2 Å². The minimum absolute atomic E-state index is 0. The van der Waals surface area contributed by atoms with E-state index in [0.29, 0.717) is 13.0 Å². The minimum Gasteiger partial charge on any atom is -0.480 e. The Bertz CT molecular complexity index is 723. The first-order valence-corrected chi connectivity index (χ1v) is 8.58. The number of fused-ring (bicyclic) bond motifs is 2. The molecule has 2 N–H and O–H groups in total. The highest BCUT2D eigenvalue weighted by molar-refractivity contribution is 5.85. The second kappa shape index (κ2) is 7.89. The molecular weight excluding hydrogens is 340 g/mol. The number of nitrogens with one attached hydrogen (secondary N) is 2. The van der Waals surface area contributed by atoms with E-state index in [-0.39, 0.29) is 18.3 Å². The number of rotatable bonds is 3. The number of para-hydroxylation sites is 1. The molecule has 0 bridgehead atoms. The molecule has 1 amide bonds. The Labute approximate surface area is 153 Å². The van der Waals surface area contributed by atoms with Gasteiger partial charge in [0.1, 0.15) is 5.75 Å². The van der Waals surface area contributed by atoms with E-state index in [9.17, 15) is 4.79 Å². The van der Waals surface area contributed by atoms with E-state index in [1.807, 2.05) is 22.9 Å². The summed E-state index contributed by atoms with van der Waals surface area (Å²) in [6, 6.07) is 9.98. The third-order valence-electron chi connectivity index (χ3n) is 4.60. The van der Waals surface area contributed by atoms with Crippen molar-refractivity contribution in [3.63, 3.8) is 0 Å². The van der Waals surface area contributed by atoms with E-state index in [0.717, 1.165) is 43.9 Å². The molecule has 2 aliphatic heterocycles. The summed E-state index contributed by atoms with van der Waals surface area (Å²) in [5.41, 5.74) is 3.25. The molecule has 0 aliphatic carbocycles. The summed E-state index contributed by atoms with van der Waals surface area (Å²) in [7, 11) is 0. The number of carbonyl (C=O) groups is 1. The van der Waals surface area contributed by atoms with E-state index < -0.39 is 6.10 Å². The summed E-state index contributed by atoms with van der Waals surface area (Å²) in [5, 5.41) is 10.9. The number of hydrogen-bond acceptors (Lipinski definition) is 4. The van der Waals surface area contributed by atoms with Crippen LogP contribution in [0.2, 0.25) is 0 Å². The Morgan fingerprint density at radius 3 is 3.20 bits per heavy atom. The summed E-state index contributed by atoms with van der Waals surface area (Å²) < 4.78 is 7.87. The maximum atomic E-state index is 12.4. The van der Waals surface area contributed by atoms with Crippen molar-refractivity contribution in [3.05, 3.63) is 47.3 Å². The van der Waals surface area contributed by atoms with Gasteiger partial charge >= 0.3 is 0 Å². The van der Waals surface area contributed by atoms with Crippen molar-refractivity contribution in [1.82, 2.24) is 20.4 Å². The van der Waals surface area contributed by atoms with Gasteiger partial charge in [0, 0.05) is 13.1 Å². The van der Waals surface area contributed by atoms with Gasteiger partial charge in [0.05, 0.1) is 17.9 Å². The average molecular weight is 363 g/mol. The van der Waals surface area contributed by atoms with E-state index >= 15 is 0 Å². The average Bonchev–Trinajstić information content (AvgIpc) is 2.88. The second-order valence-corrected chi connectivity index (χ2v) is 6.35. The molecule has 3 heterocycles. The summed E-state index contributed by atoms with van der Waals surface area (Å²) in [6.45, 7) is 3.23. The molecule has 6 nitrogen and oxygen atoms in total. The molecule has 0 saturated carbocycles. The summed E-state index contributed by atoms with van der Waals surface area (Å²) in [6.07, 6.45) is 2.25. The first kappa shape index (κ1) is 17.8. The van der Waals surface area contributed by atoms with Crippen LogP contribution in [0.25, 0.3) is 0 Å². The van der Waals surface area contributed by atoms with Gasteiger partial charge in [-0.3, -0.25) is 9.48 Å². The molecule has 1 aromatic carbocycles. The Kier molecular flexibility index (Phi) is 5.60. The van der Waals surface area contributed by atoms with Gasteiger partial charge in [-0.15, -0.1) is 12.4 Å². The fourth-order valence-electron chi connectivity index (χ4n) is 3.31. The molecule has 134 valence electrons. The second-order valence-electron chi connectivity index (χ2n) is 6.35. The van der Waals surface area contributed by atoms with Gasteiger partial charge in [0.15, 0.2) is 6.10 Å². The van der Waals surface area contributed by atoms with E-state index in [2.05, 4.69) is 27.9 Å². The maximum absolute atomic E-state index is 12.4. The molecule has 2 aliphatic rings. The minimum atomic E-state index is -0.415. The Morgan fingerprint density at radius 2 is 2.28 bits per heavy atom. The molecule has 0 saturated heterocycles. The van der Waals surface area contributed by atoms with Gasteiger partial charge in [0.2, 0.25) is 0 Å². The number of amides is 1. The lowest BCUT2D eigenvalue weighted by molar-refractivity contribution is -0.128. The number of aryl methyl sites for hydroxylation is 2. The maximum Gasteiger partial charge on any atom is 0.261 e. The van der Waals surface area contributed by atoms with Gasteiger partial charge < -0.3 is 15.4 Å². The van der Waals surface area contributed by atoms with E-state index in [1.54, 1.807) is 0 Å². The van der Waals surface area contributed by atoms with Crippen LogP contribution in [0, 0.1) is 0 Å². The lowest BCUT2D eigenvalue weighted by atomic mass is 10.0. The summed E-state index contributed by atoms with van der Waals surface area (Å²) in [5.74, 6) is 0.759. The van der Waals surface area contributed by atoms with Crippen molar-refractivity contribution < 1.29 is 9.53 Å². The first-order chi connectivity index (χ1) is 11.8. The number of benzene rings is 1. The largest absolute Gasteiger partial charge is 0.480 e. The zero-order valence-corrected chi connectivity index (χ0v) is 14.8. The van der Waals surface area contributed by atoms with Crippen molar-refractivity contribution in [2.45, 2.75) is 45.0 Å². The van der Waals surface area contributed by atoms with Crippen LogP contribution in [0.5, 0.6) is 5.75 Å². The monoisotopic (exact) mass is 362 g/mol. The van der Waals surface area contributed by atoms with Crippen LogP contribution in [0.3, 0.4) is 0 Å². The van der Waals surface area contributed by atoms with E-state index in [4.69, 9.17) is 4.74 Å². The number of ether oxygens (including phenoxy) is 1. The van der Waals surface area contributed by atoms with Crippen LogP contribution in [-0.4, -0.2) is 28.3 Å². The van der Waals surface area contributed by atoms with Crippen molar-refractivity contribution in [3.8, 4) is 5.75 Å². The molecule has 4 rings (SSSR count). The molecular formula is C18H23ClN4O2. The molecule has 0 spiro atoms. The molecule has 1 atom stereocenters. The van der Waals surface area contributed by atoms with Crippen LogP contribution in [0.4, 0.5) is 0 Å². The lowest BCUT2D eigenvalue weighted by Crippen LogP contribution is -2.40. The molecule has 0 fully saturated rings. The summed E-state index contributed by atoms with van der Waals surface area (Å²) in [4.78, 5) is 12.4. The normalized spacial score (nSPS) is 18.8. The van der Waals surface area contributed by atoms with Crippen LogP contribution in [0.1, 0.15) is 29.8 Å². The predicted molar refractivity (Wildman–Crippen MR) is 96.8 cm³/mol. The molecule has 7 heteroatoms. The Morgan fingerprint density at radius 1 is 1.40 bits per heavy atom. The lowest BCUT2D eigenvalue weighted by Gasteiger charge is -2.25. The Balaban J connectivity index is 0.00000182. The smallest absolute Gasteiger partial charge is 0.261 e. The number of nitrogens with zero attached hydrogens (tertiary/aromatic N) is 2. The quantitative estimate of drug-likeness (QED) is 0.873. The third-order valence-corrected chi connectivity index (χ3v) is 4.60. The third kappa shape index (κ3) is 3.96. The van der Waals surface area contributed by atoms with Crippen molar-refractivity contribution in [2.75, 3.05) is 6.54 Å². The number of aromatic nitrogens is 2. The van der Waals surface area contributed by atoms with Crippen LogP contribution < -0.4 is 15.4 Å². The van der Waals surface area contributed by atoms with Gasteiger partial charge in [-0.05, 0) is 43.5 Å². The molecule has 0 radical (unpaired) electrons. The predicted octanol–water partition coefficient (Wildman–Crippen LogP) is 1.81. The highest BCUT2D eigenvalue weighted by atomic mass is 35.5. The zero-order chi connectivity index (χ0) is 16.4. The topological polar surface area (TPSA) is 68.2 Å².